The van der Waals surface area contributed by atoms with Crippen molar-refractivity contribution in [2.75, 3.05) is 0 Å². The summed E-state index contributed by atoms with van der Waals surface area (Å²) >= 11 is 3.24. The fourth-order valence-electron chi connectivity index (χ4n) is 1.13. The molecule has 0 saturated heterocycles. The Labute approximate surface area is 81.7 Å². The number of carboxylic acid groups (broad SMARTS) is 1. The Kier molecular flexibility index (Phi) is 1.81. The van der Waals surface area contributed by atoms with Crippen LogP contribution in [0.2, 0.25) is 0 Å². The third-order valence-corrected chi connectivity index (χ3v) is 2.36. The minimum Gasteiger partial charge on any atom is -0.477 e. The number of rotatable bonds is 1. The summed E-state index contributed by atoms with van der Waals surface area (Å²) in [7, 11) is 0. The fraction of sp³-hybridized carbons (Fsp3) is 0. The van der Waals surface area contributed by atoms with Crippen LogP contribution in [0.3, 0.4) is 0 Å². The number of halogens is 1. The second-order valence-electron chi connectivity index (χ2n) is 2.55. The summed E-state index contributed by atoms with van der Waals surface area (Å²) < 4.78 is 0.647. The van der Waals surface area contributed by atoms with Crippen molar-refractivity contribution >= 4 is 32.8 Å². The zero-order valence-corrected chi connectivity index (χ0v) is 8.00. The van der Waals surface area contributed by atoms with Crippen LogP contribution in [-0.4, -0.2) is 21.0 Å². The van der Waals surface area contributed by atoms with Crippen molar-refractivity contribution in [2.45, 2.75) is 0 Å². The minimum absolute atomic E-state index is 0.170. The van der Waals surface area contributed by atoms with E-state index in [1.54, 1.807) is 18.3 Å². The molecule has 2 rings (SSSR count). The molecule has 0 spiro atoms. The molecule has 4 nitrogen and oxygen atoms in total. The lowest BCUT2D eigenvalue weighted by molar-refractivity contribution is 0.0691. The maximum atomic E-state index is 10.6. The van der Waals surface area contributed by atoms with E-state index in [-0.39, 0.29) is 5.69 Å². The van der Waals surface area contributed by atoms with Crippen LogP contribution >= 0.6 is 15.9 Å². The van der Waals surface area contributed by atoms with E-state index in [1.165, 1.54) is 0 Å². The SMILES string of the molecule is O=C(O)c1cc2c(Br)nccc2[nH]1. The monoisotopic (exact) mass is 240 g/mol. The van der Waals surface area contributed by atoms with Crippen LogP contribution in [0, 0.1) is 0 Å². The van der Waals surface area contributed by atoms with E-state index in [1.807, 2.05) is 0 Å². The smallest absolute Gasteiger partial charge is 0.352 e. The summed E-state index contributed by atoms with van der Waals surface area (Å²) in [6, 6.07) is 3.28. The standard InChI is InChI=1S/C8H5BrN2O2/c9-7-4-3-6(8(12)13)11-5(4)1-2-10-7/h1-3,11H,(H,12,13). The first-order valence-corrected chi connectivity index (χ1v) is 4.34. The highest BCUT2D eigenvalue weighted by atomic mass is 79.9. The van der Waals surface area contributed by atoms with Crippen molar-refractivity contribution in [1.29, 1.82) is 0 Å². The molecule has 13 heavy (non-hydrogen) atoms. The van der Waals surface area contributed by atoms with E-state index >= 15 is 0 Å². The van der Waals surface area contributed by atoms with Gasteiger partial charge in [-0.1, -0.05) is 0 Å². The summed E-state index contributed by atoms with van der Waals surface area (Å²) in [5.74, 6) is -0.969. The predicted octanol–water partition coefficient (Wildman–Crippen LogP) is 2.02. The molecule has 0 aliphatic rings. The fourth-order valence-corrected chi connectivity index (χ4v) is 1.58. The average Bonchev–Trinajstić information content (AvgIpc) is 2.49. The lowest BCUT2D eigenvalue weighted by Crippen LogP contribution is -1.94. The van der Waals surface area contributed by atoms with Gasteiger partial charge in [0.05, 0.1) is 5.52 Å². The normalized spacial score (nSPS) is 10.5. The van der Waals surface area contributed by atoms with Crippen molar-refractivity contribution in [3.8, 4) is 0 Å². The third-order valence-electron chi connectivity index (χ3n) is 1.73. The number of nitrogens with one attached hydrogen (secondary N) is 1. The van der Waals surface area contributed by atoms with Crippen molar-refractivity contribution in [2.24, 2.45) is 0 Å². The molecule has 2 N–H and O–H groups in total. The molecule has 0 unspecified atom stereocenters. The number of aromatic nitrogens is 2. The summed E-state index contributed by atoms with van der Waals surface area (Å²) in [6.45, 7) is 0. The second kappa shape index (κ2) is 2.85. The number of aromatic amines is 1. The molecule has 0 radical (unpaired) electrons. The largest absolute Gasteiger partial charge is 0.477 e. The van der Waals surface area contributed by atoms with E-state index in [4.69, 9.17) is 5.11 Å². The molecule has 0 amide bonds. The Morgan fingerprint density at radius 3 is 3.00 bits per heavy atom. The second-order valence-corrected chi connectivity index (χ2v) is 3.30. The number of aromatic carboxylic acids is 1. The average molecular weight is 241 g/mol. The molecule has 0 bridgehead atoms. The first-order chi connectivity index (χ1) is 6.18. The van der Waals surface area contributed by atoms with Crippen molar-refractivity contribution in [1.82, 2.24) is 9.97 Å². The van der Waals surface area contributed by atoms with Crippen molar-refractivity contribution in [3.05, 3.63) is 28.6 Å². The van der Waals surface area contributed by atoms with Gasteiger partial charge in [0.1, 0.15) is 10.3 Å². The van der Waals surface area contributed by atoms with Crippen LogP contribution in [-0.2, 0) is 0 Å². The third kappa shape index (κ3) is 1.31. The number of hydrogen-bond donors (Lipinski definition) is 2. The summed E-state index contributed by atoms with van der Waals surface area (Å²) in [5.41, 5.74) is 0.933. The van der Waals surface area contributed by atoms with Crippen molar-refractivity contribution < 1.29 is 9.90 Å². The van der Waals surface area contributed by atoms with E-state index in [9.17, 15) is 4.79 Å². The van der Waals surface area contributed by atoms with Gasteiger partial charge < -0.3 is 10.1 Å². The van der Waals surface area contributed by atoms with E-state index in [0.29, 0.717) is 4.60 Å². The number of hydrogen-bond acceptors (Lipinski definition) is 2. The van der Waals surface area contributed by atoms with Gasteiger partial charge in [-0.2, -0.15) is 0 Å². The van der Waals surface area contributed by atoms with Gasteiger partial charge in [-0.15, -0.1) is 0 Å². The first kappa shape index (κ1) is 8.25. The molecular formula is C8H5BrN2O2. The van der Waals surface area contributed by atoms with Crippen LogP contribution in [0.4, 0.5) is 0 Å². The topological polar surface area (TPSA) is 66.0 Å². The van der Waals surface area contributed by atoms with Crippen LogP contribution in [0.25, 0.3) is 10.9 Å². The molecule has 5 heteroatoms. The van der Waals surface area contributed by atoms with Gasteiger partial charge in [0.2, 0.25) is 0 Å². The number of nitrogens with zero attached hydrogens (tertiary/aromatic N) is 1. The lowest BCUT2D eigenvalue weighted by Gasteiger charge is -1.89. The Balaban J connectivity index is 2.75. The molecule has 0 atom stereocenters. The lowest BCUT2D eigenvalue weighted by atomic mass is 10.3. The highest BCUT2D eigenvalue weighted by Gasteiger charge is 2.08. The maximum Gasteiger partial charge on any atom is 0.352 e. The summed E-state index contributed by atoms with van der Waals surface area (Å²) in [4.78, 5) is 17.4. The first-order valence-electron chi connectivity index (χ1n) is 3.55. The number of H-pyrrole nitrogens is 1. The van der Waals surface area contributed by atoms with Crippen LogP contribution in [0.15, 0.2) is 22.9 Å². The van der Waals surface area contributed by atoms with Crippen LogP contribution < -0.4 is 0 Å². The highest BCUT2D eigenvalue weighted by Crippen LogP contribution is 2.21. The molecule has 66 valence electrons. The van der Waals surface area contributed by atoms with Gasteiger partial charge in [0.15, 0.2) is 0 Å². The molecule has 0 fully saturated rings. The molecule has 0 aliphatic carbocycles. The Hall–Kier alpha value is -1.36. The Bertz CT molecular complexity index is 478. The quantitative estimate of drug-likeness (QED) is 0.750. The zero-order chi connectivity index (χ0) is 9.42. The number of carbonyl (C=O) groups is 1. The van der Waals surface area contributed by atoms with Gasteiger partial charge in [0, 0.05) is 11.6 Å². The molecule has 2 aromatic heterocycles. The van der Waals surface area contributed by atoms with Crippen LogP contribution in [0.1, 0.15) is 10.5 Å². The van der Waals surface area contributed by atoms with Crippen LogP contribution in [0.5, 0.6) is 0 Å². The summed E-state index contributed by atoms with van der Waals surface area (Å²) in [6.07, 6.45) is 1.61. The maximum absolute atomic E-state index is 10.6. The van der Waals surface area contributed by atoms with Gasteiger partial charge in [-0.25, -0.2) is 9.78 Å². The van der Waals surface area contributed by atoms with E-state index in [2.05, 4.69) is 25.9 Å². The van der Waals surface area contributed by atoms with Gasteiger partial charge in [-0.05, 0) is 28.1 Å². The summed E-state index contributed by atoms with van der Waals surface area (Å²) in [5, 5.41) is 9.49. The zero-order valence-electron chi connectivity index (χ0n) is 6.41. The number of pyridine rings is 1. The Morgan fingerprint density at radius 2 is 2.38 bits per heavy atom. The van der Waals surface area contributed by atoms with E-state index < -0.39 is 5.97 Å². The van der Waals surface area contributed by atoms with Gasteiger partial charge in [0.25, 0.3) is 0 Å². The molecule has 0 aromatic carbocycles. The molecule has 0 saturated carbocycles. The van der Waals surface area contributed by atoms with Crippen molar-refractivity contribution in [3.63, 3.8) is 0 Å². The molecule has 2 aromatic rings. The predicted molar refractivity (Wildman–Crippen MR) is 50.8 cm³/mol. The minimum atomic E-state index is -0.969. The highest BCUT2D eigenvalue weighted by molar-refractivity contribution is 9.10. The van der Waals surface area contributed by atoms with Gasteiger partial charge in [-0.3, -0.25) is 0 Å². The van der Waals surface area contributed by atoms with Gasteiger partial charge >= 0.3 is 5.97 Å². The number of fused-ring (bicyclic) bond motifs is 1. The molecular weight excluding hydrogens is 236 g/mol. The number of carboxylic acids is 1. The Morgan fingerprint density at radius 1 is 1.62 bits per heavy atom. The van der Waals surface area contributed by atoms with E-state index in [0.717, 1.165) is 10.9 Å². The molecule has 0 aliphatic heterocycles. The molecule has 2 heterocycles.